The highest BCUT2D eigenvalue weighted by Crippen LogP contribution is 2.01. The molecule has 1 aromatic heterocycles. The lowest BCUT2D eigenvalue weighted by Crippen LogP contribution is -2.16. The third-order valence-corrected chi connectivity index (χ3v) is 1.94. The Morgan fingerprint density at radius 1 is 1.43 bits per heavy atom. The molecule has 0 saturated heterocycles. The fraction of sp³-hybridized carbons (Fsp3) is 0.600. The van der Waals surface area contributed by atoms with Crippen molar-refractivity contribution in [3.63, 3.8) is 0 Å². The van der Waals surface area contributed by atoms with Crippen molar-refractivity contribution in [1.29, 1.82) is 0 Å². The zero-order valence-corrected chi connectivity index (χ0v) is 8.83. The fourth-order valence-corrected chi connectivity index (χ4v) is 1.13. The van der Waals surface area contributed by atoms with Gasteiger partial charge in [0.2, 0.25) is 0 Å². The molecular weight excluding hydrogens is 176 g/mol. The first-order chi connectivity index (χ1) is 6.68. The van der Waals surface area contributed by atoms with Gasteiger partial charge in [-0.15, -0.1) is 5.10 Å². The average Bonchev–Trinajstić information content (AvgIpc) is 2.15. The highest BCUT2D eigenvalue weighted by atomic mass is 15.2. The molecule has 1 aromatic rings. The quantitative estimate of drug-likeness (QED) is 0.694. The predicted molar refractivity (Wildman–Crippen MR) is 58.1 cm³/mol. The van der Waals surface area contributed by atoms with Gasteiger partial charge in [-0.3, -0.25) is 0 Å². The second kappa shape index (κ2) is 5.54. The van der Waals surface area contributed by atoms with Crippen molar-refractivity contribution in [2.24, 2.45) is 5.73 Å². The van der Waals surface area contributed by atoms with Crippen LogP contribution in [0.5, 0.6) is 0 Å². The molecule has 3 N–H and O–H groups in total. The molecule has 0 aliphatic carbocycles. The number of nitrogens with two attached hydrogens (primary N) is 1. The molecular formula is C10H18N4. The average molecular weight is 194 g/mol. The van der Waals surface area contributed by atoms with Crippen LogP contribution < -0.4 is 11.1 Å². The Morgan fingerprint density at radius 2 is 2.21 bits per heavy atom. The van der Waals surface area contributed by atoms with Crippen molar-refractivity contribution in [1.82, 2.24) is 10.2 Å². The van der Waals surface area contributed by atoms with Gasteiger partial charge in [-0.1, -0.05) is 0 Å². The molecule has 0 spiro atoms. The minimum absolute atomic E-state index is 0.279. The lowest BCUT2D eigenvalue weighted by atomic mass is 10.2. The summed E-state index contributed by atoms with van der Waals surface area (Å²) in [5, 5.41) is 11.2. The number of nitrogens with zero attached hydrogens (tertiary/aromatic N) is 2. The molecule has 1 heterocycles. The van der Waals surface area contributed by atoms with Gasteiger partial charge in [0.1, 0.15) is 5.82 Å². The van der Waals surface area contributed by atoms with Gasteiger partial charge in [0.05, 0.1) is 5.69 Å². The van der Waals surface area contributed by atoms with Crippen LogP contribution in [0.1, 0.15) is 25.5 Å². The SMILES string of the molecule is Cc1ccc(NCCCC(C)N)nn1. The van der Waals surface area contributed by atoms with E-state index in [2.05, 4.69) is 15.5 Å². The first-order valence-corrected chi connectivity index (χ1v) is 4.98. The van der Waals surface area contributed by atoms with Crippen molar-refractivity contribution in [3.05, 3.63) is 17.8 Å². The van der Waals surface area contributed by atoms with Crippen molar-refractivity contribution >= 4 is 5.82 Å². The van der Waals surface area contributed by atoms with Gasteiger partial charge in [0, 0.05) is 12.6 Å². The maximum Gasteiger partial charge on any atom is 0.148 e. The van der Waals surface area contributed by atoms with Gasteiger partial charge in [-0.2, -0.15) is 5.10 Å². The third-order valence-electron chi connectivity index (χ3n) is 1.94. The van der Waals surface area contributed by atoms with E-state index in [4.69, 9.17) is 5.73 Å². The lowest BCUT2D eigenvalue weighted by Gasteiger charge is -2.06. The van der Waals surface area contributed by atoms with E-state index in [1.807, 2.05) is 26.0 Å². The highest BCUT2D eigenvalue weighted by molar-refractivity contribution is 5.32. The van der Waals surface area contributed by atoms with Gasteiger partial charge in [-0.25, -0.2) is 0 Å². The van der Waals surface area contributed by atoms with E-state index in [1.54, 1.807) is 0 Å². The van der Waals surface area contributed by atoms with Gasteiger partial charge in [-0.05, 0) is 38.8 Å². The molecule has 0 aromatic carbocycles. The van der Waals surface area contributed by atoms with Crippen molar-refractivity contribution in [2.45, 2.75) is 32.7 Å². The topological polar surface area (TPSA) is 63.8 Å². The van der Waals surface area contributed by atoms with Gasteiger partial charge in [0.25, 0.3) is 0 Å². The number of anilines is 1. The van der Waals surface area contributed by atoms with Crippen molar-refractivity contribution < 1.29 is 0 Å². The Bertz CT molecular complexity index is 255. The summed E-state index contributed by atoms with van der Waals surface area (Å²) in [5.41, 5.74) is 6.57. The minimum Gasteiger partial charge on any atom is -0.369 e. The van der Waals surface area contributed by atoms with Crippen LogP contribution in [0, 0.1) is 6.92 Å². The lowest BCUT2D eigenvalue weighted by molar-refractivity contribution is 0.638. The van der Waals surface area contributed by atoms with E-state index in [0.29, 0.717) is 0 Å². The summed E-state index contributed by atoms with van der Waals surface area (Å²) in [6.45, 7) is 4.85. The predicted octanol–water partition coefficient (Wildman–Crippen LogP) is 1.32. The molecule has 4 nitrogen and oxygen atoms in total. The summed E-state index contributed by atoms with van der Waals surface area (Å²) < 4.78 is 0. The molecule has 0 fully saturated rings. The second-order valence-corrected chi connectivity index (χ2v) is 3.61. The van der Waals surface area contributed by atoms with Gasteiger partial charge >= 0.3 is 0 Å². The number of aryl methyl sites for hydroxylation is 1. The molecule has 0 bridgehead atoms. The maximum atomic E-state index is 5.64. The van der Waals surface area contributed by atoms with Gasteiger partial charge < -0.3 is 11.1 Å². The van der Waals surface area contributed by atoms with Crippen LogP contribution in [0.4, 0.5) is 5.82 Å². The summed E-state index contributed by atoms with van der Waals surface area (Å²) in [7, 11) is 0. The zero-order valence-electron chi connectivity index (χ0n) is 8.83. The third kappa shape index (κ3) is 4.18. The summed E-state index contributed by atoms with van der Waals surface area (Å²) >= 11 is 0. The standard InChI is InChI=1S/C10H18N4/c1-8(11)4-3-7-12-10-6-5-9(2)13-14-10/h5-6,8H,3-4,7,11H2,1-2H3,(H,12,14). The van der Waals surface area contributed by atoms with E-state index in [-0.39, 0.29) is 6.04 Å². The Labute approximate surface area is 84.9 Å². The van der Waals surface area contributed by atoms with E-state index >= 15 is 0 Å². The molecule has 1 rings (SSSR count). The normalized spacial score (nSPS) is 12.5. The van der Waals surface area contributed by atoms with Crippen molar-refractivity contribution in [3.8, 4) is 0 Å². The van der Waals surface area contributed by atoms with Crippen LogP contribution in [-0.2, 0) is 0 Å². The summed E-state index contributed by atoms with van der Waals surface area (Å²) in [6, 6.07) is 4.16. The highest BCUT2D eigenvalue weighted by Gasteiger charge is 1.95. The van der Waals surface area contributed by atoms with Gasteiger partial charge in [0.15, 0.2) is 0 Å². The summed E-state index contributed by atoms with van der Waals surface area (Å²) in [5.74, 6) is 0.834. The molecule has 0 aliphatic rings. The Balaban J connectivity index is 2.21. The first-order valence-electron chi connectivity index (χ1n) is 4.98. The number of nitrogens with one attached hydrogen (secondary N) is 1. The molecule has 4 heteroatoms. The molecule has 0 radical (unpaired) electrons. The van der Waals surface area contributed by atoms with Crippen LogP contribution in [0.2, 0.25) is 0 Å². The summed E-state index contributed by atoms with van der Waals surface area (Å²) in [6.07, 6.45) is 2.10. The number of rotatable bonds is 5. The van der Waals surface area contributed by atoms with E-state index in [0.717, 1.165) is 30.9 Å². The molecule has 1 unspecified atom stereocenters. The maximum absolute atomic E-state index is 5.64. The Hall–Kier alpha value is -1.16. The van der Waals surface area contributed by atoms with E-state index < -0.39 is 0 Å². The number of aromatic nitrogens is 2. The monoisotopic (exact) mass is 194 g/mol. The second-order valence-electron chi connectivity index (χ2n) is 3.61. The largest absolute Gasteiger partial charge is 0.369 e. The van der Waals surface area contributed by atoms with Crippen LogP contribution in [-0.4, -0.2) is 22.8 Å². The smallest absolute Gasteiger partial charge is 0.148 e. The van der Waals surface area contributed by atoms with Crippen LogP contribution >= 0.6 is 0 Å². The van der Waals surface area contributed by atoms with E-state index in [1.165, 1.54) is 0 Å². The molecule has 14 heavy (non-hydrogen) atoms. The van der Waals surface area contributed by atoms with Crippen LogP contribution in [0.25, 0.3) is 0 Å². The number of hydrogen-bond acceptors (Lipinski definition) is 4. The fourth-order valence-electron chi connectivity index (χ4n) is 1.13. The van der Waals surface area contributed by atoms with E-state index in [9.17, 15) is 0 Å². The Kier molecular flexibility index (Phi) is 4.32. The summed E-state index contributed by atoms with van der Waals surface area (Å²) in [4.78, 5) is 0. The molecule has 78 valence electrons. The Morgan fingerprint density at radius 3 is 2.79 bits per heavy atom. The minimum atomic E-state index is 0.279. The molecule has 0 saturated carbocycles. The van der Waals surface area contributed by atoms with Crippen molar-refractivity contribution in [2.75, 3.05) is 11.9 Å². The molecule has 0 aliphatic heterocycles. The molecule has 0 amide bonds. The van der Waals surface area contributed by atoms with Crippen LogP contribution in [0.15, 0.2) is 12.1 Å². The van der Waals surface area contributed by atoms with Crippen LogP contribution in [0.3, 0.4) is 0 Å². The first kappa shape index (κ1) is 10.9. The number of hydrogen-bond donors (Lipinski definition) is 2. The zero-order chi connectivity index (χ0) is 10.4. The molecule has 1 atom stereocenters.